The lowest BCUT2D eigenvalue weighted by Gasteiger charge is -2.31. The van der Waals surface area contributed by atoms with Gasteiger partial charge in [-0.25, -0.2) is 14.3 Å². The van der Waals surface area contributed by atoms with Gasteiger partial charge in [-0.15, -0.1) is 0 Å². The first-order valence-electron chi connectivity index (χ1n) is 11.3. The van der Waals surface area contributed by atoms with Crippen molar-refractivity contribution in [2.24, 2.45) is 0 Å². The number of aryl methyl sites for hydroxylation is 1. The van der Waals surface area contributed by atoms with Gasteiger partial charge in [0, 0.05) is 21.2 Å². The fourth-order valence-electron chi connectivity index (χ4n) is 4.51. The van der Waals surface area contributed by atoms with E-state index in [4.69, 9.17) is 44.3 Å². The van der Waals surface area contributed by atoms with Crippen LogP contribution in [0, 0.1) is 6.92 Å². The number of aromatic nitrogens is 5. The molecule has 0 bridgehead atoms. The Morgan fingerprint density at radius 1 is 1.14 bits per heavy atom. The largest absolute Gasteiger partial charge is 0.374 e. The van der Waals surface area contributed by atoms with E-state index in [0.717, 1.165) is 35.3 Å². The van der Waals surface area contributed by atoms with Crippen molar-refractivity contribution in [3.05, 3.63) is 93.2 Å². The van der Waals surface area contributed by atoms with Gasteiger partial charge in [-0.1, -0.05) is 59.1 Å². The SMILES string of the molecule is Cc1nn(-c2ccccc2)c(Cl)c1COC[C@H]1CC[C@](Cn2cncn2)(c2ccc(Cl)cc2Cl)O1. The Morgan fingerprint density at radius 2 is 1.97 bits per heavy atom. The van der Waals surface area contributed by atoms with Crippen molar-refractivity contribution >= 4 is 34.8 Å². The minimum absolute atomic E-state index is 0.117. The molecule has 0 saturated carbocycles. The summed E-state index contributed by atoms with van der Waals surface area (Å²) in [6.07, 6.45) is 4.63. The van der Waals surface area contributed by atoms with Gasteiger partial charge in [-0.3, -0.25) is 0 Å². The van der Waals surface area contributed by atoms with E-state index in [9.17, 15) is 0 Å². The monoisotopic (exact) mass is 531 g/mol. The molecule has 1 aliphatic heterocycles. The molecule has 0 amide bonds. The van der Waals surface area contributed by atoms with Crippen molar-refractivity contribution in [1.29, 1.82) is 0 Å². The molecule has 35 heavy (non-hydrogen) atoms. The van der Waals surface area contributed by atoms with Crippen LogP contribution in [0.15, 0.2) is 61.2 Å². The van der Waals surface area contributed by atoms with Crippen molar-refractivity contribution in [3.63, 3.8) is 0 Å². The zero-order valence-corrected chi connectivity index (χ0v) is 21.3. The van der Waals surface area contributed by atoms with Crippen LogP contribution in [0.25, 0.3) is 5.69 Å². The molecule has 1 fully saturated rings. The maximum Gasteiger partial charge on any atom is 0.138 e. The number of rotatable bonds is 8. The lowest BCUT2D eigenvalue weighted by Crippen LogP contribution is -2.33. The summed E-state index contributed by atoms with van der Waals surface area (Å²) in [5.41, 5.74) is 2.82. The van der Waals surface area contributed by atoms with Crippen LogP contribution >= 0.6 is 34.8 Å². The van der Waals surface area contributed by atoms with Crippen molar-refractivity contribution < 1.29 is 9.47 Å². The number of hydrogen-bond donors (Lipinski definition) is 0. The molecule has 10 heteroatoms. The second kappa shape index (κ2) is 10.3. The third kappa shape index (κ3) is 5.10. The summed E-state index contributed by atoms with van der Waals surface area (Å²) in [5.74, 6) is 0. The summed E-state index contributed by atoms with van der Waals surface area (Å²) in [6.45, 7) is 3.17. The number of hydrogen-bond acceptors (Lipinski definition) is 5. The van der Waals surface area contributed by atoms with Gasteiger partial charge in [0.15, 0.2) is 0 Å². The molecular weight excluding hydrogens is 509 g/mol. The number of para-hydroxylation sites is 1. The second-order valence-corrected chi connectivity index (χ2v) is 9.81. The zero-order valence-electron chi connectivity index (χ0n) is 19.1. The highest BCUT2D eigenvalue weighted by molar-refractivity contribution is 6.35. The summed E-state index contributed by atoms with van der Waals surface area (Å²) >= 11 is 19.4. The molecule has 2 aromatic heterocycles. The average molecular weight is 533 g/mol. The van der Waals surface area contributed by atoms with Crippen LogP contribution in [0.5, 0.6) is 0 Å². The Bertz CT molecular complexity index is 1300. The molecule has 1 aliphatic rings. The lowest BCUT2D eigenvalue weighted by molar-refractivity contribution is -0.0876. The Morgan fingerprint density at radius 3 is 2.71 bits per heavy atom. The van der Waals surface area contributed by atoms with Gasteiger partial charge < -0.3 is 9.47 Å². The van der Waals surface area contributed by atoms with E-state index in [0.29, 0.717) is 35.0 Å². The van der Waals surface area contributed by atoms with Crippen LogP contribution in [0.2, 0.25) is 15.2 Å². The smallest absolute Gasteiger partial charge is 0.138 e. The van der Waals surface area contributed by atoms with E-state index >= 15 is 0 Å². The molecule has 0 radical (unpaired) electrons. The summed E-state index contributed by atoms with van der Waals surface area (Å²) in [7, 11) is 0. The third-order valence-corrected chi connectivity index (χ3v) is 7.18. The highest BCUT2D eigenvalue weighted by atomic mass is 35.5. The predicted molar refractivity (Wildman–Crippen MR) is 135 cm³/mol. The third-order valence-electron chi connectivity index (χ3n) is 6.24. The second-order valence-electron chi connectivity index (χ2n) is 8.61. The predicted octanol–water partition coefficient (Wildman–Crippen LogP) is 6.02. The Kier molecular flexibility index (Phi) is 7.14. The summed E-state index contributed by atoms with van der Waals surface area (Å²) in [4.78, 5) is 4.07. The molecule has 5 rings (SSSR count). The van der Waals surface area contributed by atoms with E-state index in [1.165, 1.54) is 6.33 Å². The highest BCUT2D eigenvalue weighted by Gasteiger charge is 2.43. The summed E-state index contributed by atoms with van der Waals surface area (Å²) < 4.78 is 16.2. The first kappa shape index (κ1) is 24.3. The maximum atomic E-state index is 6.64. The molecule has 182 valence electrons. The van der Waals surface area contributed by atoms with Gasteiger partial charge in [-0.05, 0) is 44.0 Å². The quantitative estimate of drug-likeness (QED) is 0.277. The number of ether oxygens (including phenoxy) is 2. The van der Waals surface area contributed by atoms with E-state index in [1.54, 1.807) is 21.8 Å². The van der Waals surface area contributed by atoms with Gasteiger partial charge in [-0.2, -0.15) is 10.2 Å². The first-order chi connectivity index (χ1) is 16.9. The Labute approximate surface area is 218 Å². The molecular formula is C25H24Cl3N5O2. The molecule has 2 atom stereocenters. The fourth-order valence-corrected chi connectivity index (χ4v) is 5.42. The zero-order chi connectivity index (χ0) is 24.4. The van der Waals surface area contributed by atoms with Crippen molar-refractivity contribution in [2.75, 3.05) is 6.61 Å². The van der Waals surface area contributed by atoms with Gasteiger partial charge in [0.25, 0.3) is 0 Å². The van der Waals surface area contributed by atoms with Crippen LogP contribution < -0.4 is 0 Å². The van der Waals surface area contributed by atoms with Gasteiger partial charge in [0.05, 0.1) is 37.2 Å². The van der Waals surface area contributed by atoms with Crippen molar-refractivity contribution in [2.45, 2.75) is 44.6 Å². The number of nitrogens with zero attached hydrogens (tertiary/aromatic N) is 5. The van der Waals surface area contributed by atoms with Crippen LogP contribution in [0.4, 0.5) is 0 Å². The summed E-state index contributed by atoms with van der Waals surface area (Å²) in [6, 6.07) is 15.3. The molecule has 4 aromatic rings. The molecule has 0 spiro atoms. The molecule has 0 unspecified atom stereocenters. The van der Waals surface area contributed by atoms with E-state index in [-0.39, 0.29) is 6.10 Å². The Balaban J connectivity index is 1.29. The normalized spacial score (nSPS) is 19.9. The van der Waals surface area contributed by atoms with Crippen LogP contribution in [0.1, 0.15) is 29.7 Å². The number of halogens is 3. The summed E-state index contributed by atoms with van der Waals surface area (Å²) in [5, 5.41) is 10.6. The molecule has 2 aromatic carbocycles. The maximum absolute atomic E-state index is 6.64. The van der Waals surface area contributed by atoms with Crippen LogP contribution in [-0.2, 0) is 28.2 Å². The minimum Gasteiger partial charge on any atom is -0.374 e. The standard InChI is InChI=1S/C25H24Cl3N5O2/c1-17-21(24(28)33(31-17)19-5-3-2-4-6-19)13-34-12-20-9-10-25(35-20,14-32-16-29-15-30-32)22-8-7-18(26)11-23(22)27/h2-8,11,15-16,20H,9-10,12-14H2,1H3/t20-,25+/m1/s1. The van der Waals surface area contributed by atoms with E-state index in [1.807, 2.05) is 49.4 Å². The molecule has 0 aliphatic carbocycles. The molecule has 0 N–H and O–H groups in total. The van der Waals surface area contributed by atoms with Gasteiger partial charge in [0.1, 0.15) is 23.4 Å². The van der Waals surface area contributed by atoms with Crippen LogP contribution in [0.3, 0.4) is 0 Å². The topological polar surface area (TPSA) is 67.0 Å². The van der Waals surface area contributed by atoms with Gasteiger partial charge in [0.2, 0.25) is 0 Å². The molecule has 1 saturated heterocycles. The van der Waals surface area contributed by atoms with E-state index < -0.39 is 5.60 Å². The van der Waals surface area contributed by atoms with Gasteiger partial charge >= 0.3 is 0 Å². The fraction of sp³-hybridized carbons (Fsp3) is 0.320. The van der Waals surface area contributed by atoms with E-state index in [2.05, 4.69) is 15.2 Å². The lowest BCUT2D eigenvalue weighted by atomic mass is 9.90. The van der Waals surface area contributed by atoms with Crippen LogP contribution in [-0.4, -0.2) is 37.3 Å². The highest BCUT2D eigenvalue weighted by Crippen LogP contribution is 2.44. The van der Waals surface area contributed by atoms with Crippen molar-refractivity contribution in [3.8, 4) is 5.69 Å². The first-order valence-corrected chi connectivity index (χ1v) is 12.4. The minimum atomic E-state index is -0.658. The molecule has 3 heterocycles. The average Bonchev–Trinajstić information content (AvgIpc) is 3.57. The van der Waals surface area contributed by atoms with Crippen molar-refractivity contribution in [1.82, 2.24) is 24.5 Å². The number of benzene rings is 2. The Hall–Kier alpha value is -2.42. The molecule has 7 nitrogen and oxygen atoms in total.